The fraction of sp³-hybridized carbons (Fsp3) is 1.00. The largest absolute Gasteiger partial charge is 0.355 e. The maximum Gasteiger partial charge on any atom is 0.146 e. The lowest BCUT2D eigenvalue weighted by Crippen LogP contribution is -2.00. The third-order valence-electron chi connectivity index (χ3n) is 0.864. The Labute approximate surface area is 131 Å². The van der Waals surface area contributed by atoms with Gasteiger partial charge in [-0.25, -0.2) is 0 Å². The summed E-state index contributed by atoms with van der Waals surface area (Å²) in [6.45, 7) is 6.24. The Bertz CT molecular complexity index is 42.5. The summed E-state index contributed by atoms with van der Waals surface area (Å²) in [4.78, 5) is 0. The predicted octanol–water partition coefficient (Wildman–Crippen LogP) is 8.16. The monoisotopic (exact) mass is 292 g/mol. The Kier molecular flexibility index (Phi) is 546. The van der Waals surface area contributed by atoms with Gasteiger partial charge in [0.15, 0.2) is 0 Å². The summed E-state index contributed by atoms with van der Waals surface area (Å²) < 4.78 is 10.1. The fourth-order valence-electron chi connectivity index (χ4n) is 0.465. The van der Waals surface area contributed by atoms with Gasteiger partial charge in [0.2, 0.25) is 0 Å². The molecule has 0 N–H and O–H groups in total. The van der Waals surface area contributed by atoms with Crippen LogP contribution in [0.2, 0.25) is 0 Å². The summed E-state index contributed by atoms with van der Waals surface area (Å²) in [5.74, 6) is 0. The first kappa shape index (κ1) is 96.9. The summed E-state index contributed by atoms with van der Waals surface area (Å²) >= 11 is 0. The van der Waals surface area contributed by atoms with Crippen LogP contribution in [0.4, 0.5) is 0 Å². The van der Waals surface area contributed by atoms with Gasteiger partial charge >= 0.3 is 0 Å². The fourth-order valence-corrected chi connectivity index (χ4v) is 0.465. The molecule has 0 spiro atoms. The molecule has 0 atom stereocenters. The molecule has 0 aromatic carbocycles. The Balaban J connectivity index is -0.00000000711. The highest BCUT2D eigenvalue weighted by Gasteiger charge is 1.83. The van der Waals surface area contributed by atoms with Crippen LogP contribution in [0.15, 0.2) is 0 Å². The van der Waals surface area contributed by atoms with Crippen LogP contribution in [-0.2, 0) is 9.47 Å². The molecule has 0 amide bonds. The minimum Gasteiger partial charge on any atom is -0.355 e. The van der Waals surface area contributed by atoms with Crippen LogP contribution in [0.5, 0.6) is 0 Å². The van der Waals surface area contributed by atoms with E-state index >= 15 is 0 Å². The van der Waals surface area contributed by atoms with Gasteiger partial charge in [-0.05, 0) is 12.8 Å². The molecule has 0 aromatic heterocycles. The van der Waals surface area contributed by atoms with Gasteiger partial charge in [-0.1, -0.05) is 88.1 Å². The van der Waals surface area contributed by atoms with E-state index in [0.717, 1.165) is 26.1 Å². The van der Waals surface area contributed by atoms with E-state index in [1.54, 1.807) is 0 Å². The molecule has 0 radical (unpaired) electrons. The van der Waals surface area contributed by atoms with Crippen LogP contribution in [0.25, 0.3) is 0 Å². The molecule has 19 heavy (non-hydrogen) atoms. The van der Waals surface area contributed by atoms with Crippen molar-refractivity contribution >= 4 is 0 Å². The third kappa shape index (κ3) is 130. The van der Waals surface area contributed by atoms with Gasteiger partial charge in [-0.2, -0.15) is 0 Å². The van der Waals surface area contributed by atoms with Crippen molar-refractivity contribution < 1.29 is 9.47 Å². The second-order valence-electron chi connectivity index (χ2n) is 1.93. The summed E-state index contributed by atoms with van der Waals surface area (Å²) in [5, 5.41) is 0. The molecule has 0 fully saturated rings. The van der Waals surface area contributed by atoms with E-state index in [4.69, 9.17) is 9.47 Å². The van der Waals surface area contributed by atoms with Crippen molar-refractivity contribution in [1.82, 2.24) is 0 Å². The lowest BCUT2D eigenvalue weighted by atomic mass is 10.5. The zero-order valence-electron chi connectivity index (χ0n) is 6.35. The van der Waals surface area contributed by atoms with Crippen molar-refractivity contribution in [3.8, 4) is 0 Å². The standard InChI is InChI=1S/C7H16O2.10CH4/c1-3-5-8-7-9-6-4-2;;;;;;;;;;/h3-7H2,1-2H3;10*1H4. The van der Waals surface area contributed by atoms with Crippen LogP contribution in [0.1, 0.15) is 101 Å². The van der Waals surface area contributed by atoms with Crippen molar-refractivity contribution in [2.75, 3.05) is 20.0 Å². The molecule has 0 aliphatic heterocycles. The molecule has 0 aromatic rings. The summed E-state index contributed by atoms with van der Waals surface area (Å²) in [6.07, 6.45) is 2.13. The summed E-state index contributed by atoms with van der Waals surface area (Å²) in [6, 6.07) is 0. The maximum atomic E-state index is 5.06. The summed E-state index contributed by atoms with van der Waals surface area (Å²) in [7, 11) is 0. The molecule has 136 valence electrons. The zero-order valence-corrected chi connectivity index (χ0v) is 6.35. The highest BCUT2D eigenvalue weighted by atomic mass is 16.7. The SMILES string of the molecule is C.C.C.C.C.C.C.C.C.C.CCCOCOCCC. The van der Waals surface area contributed by atoms with E-state index in [0.29, 0.717) is 6.79 Å². The molecule has 0 bridgehead atoms. The lowest BCUT2D eigenvalue weighted by Gasteiger charge is -2.01. The normalized spacial score (nSPS) is 4.74. The first-order valence-electron chi connectivity index (χ1n) is 3.57. The second-order valence-corrected chi connectivity index (χ2v) is 1.93. The van der Waals surface area contributed by atoms with Crippen LogP contribution in [-0.4, -0.2) is 20.0 Å². The van der Waals surface area contributed by atoms with Crippen LogP contribution >= 0.6 is 0 Å². The minimum atomic E-state index is 0. The smallest absolute Gasteiger partial charge is 0.146 e. The molecule has 2 nitrogen and oxygen atoms in total. The first-order chi connectivity index (χ1) is 4.41. The van der Waals surface area contributed by atoms with Crippen molar-refractivity contribution in [2.24, 2.45) is 0 Å². The second kappa shape index (κ2) is 107. The van der Waals surface area contributed by atoms with Crippen LogP contribution in [0.3, 0.4) is 0 Å². The van der Waals surface area contributed by atoms with Crippen molar-refractivity contribution in [3.05, 3.63) is 0 Å². The van der Waals surface area contributed by atoms with Crippen molar-refractivity contribution in [1.29, 1.82) is 0 Å². The molecule has 0 saturated carbocycles. The number of ether oxygens (including phenoxy) is 2. The molecule has 0 aliphatic carbocycles. The predicted molar refractivity (Wildman–Crippen MR) is 105 cm³/mol. The van der Waals surface area contributed by atoms with Crippen molar-refractivity contribution in [2.45, 2.75) is 101 Å². The maximum absolute atomic E-state index is 5.06. The van der Waals surface area contributed by atoms with E-state index in [2.05, 4.69) is 13.8 Å². The lowest BCUT2D eigenvalue weighted by molar-refractivity contribution is -0.0531. The molecule has 2 heteroatoms. The van der Waals surface area contributed by atoms with Gasteiger partial charge in [0.25, 0.3) is 0 Å². The number of hydrogen-bond acceptors (Lipinski definition) is 2. The van der Waals surface area contributed by atoms with Gasteiger partial charge < -0.3 is 9.47 Å². The Morgan fingerprint density at radius 2 is 0.684 bits per heavy atom. The average molecular weight is 293 g/mol. The average Bonchev–Trinajstić information content (AvgIpc) is 1.89. The summed E-state index contributed by atoms with van der Waals surface area (Å²) in [5.41, 5.74) is 0. The Morgan fingerprint density at radius 3 is 0.842 bits per heavy atom. The van der Waals surface area contributed by atoms with Crippen LogP contribution in [0, 0.1) is 0 Å². The topological polar surface area (TPSA) is 18.5 Å². The van der Waals surface area contributed by atoms with Gasteiger partial charge in [-0.3, -0.25) is 0 Å². The molecule has 0 rings (SSSR count). The van der Waals surface area contributed by atoms with E-state index in [9.17, 15) is 0 Å². The number of rotatable bonds is 6. The molecule has 0 saturated heterocycles. The Hall–Kier alpha value is -0.0800. The quantitative estimate of drug-likeness (QED) is 0.363. The molecular weight excluding hydrogens is 236 g/mol. The van der Waals surface area contributed by atoms with Crippen molar-refractivity contribution in [3.63, 3.8) is 0 Å². The first-order valence-corrected chi connectivity index (χ1v) is 3.57. The van der Waals surface area contributed by atoms with E-state index < -0.39 is 0 Å². The van der Waals surface area contributed by atoms with Gasteiger partial charge in [0.05, 0.1) is 0 Å². The third-order valence-corrected chi connectivity index (χ3v) is 0.864. The minimum absolute atomic E-state index is 0. The highest BCUT2D eigenvalue weighted by Crippen LogP contribution is 1.83. The van der Waals surface area contributed by atoms with Crippen LogP contribution < -0.4 is 0 Å². The number of hydrogen-bond donors (Lipinski definition) is 0. The molecule has 0 aliphatic rings. The molecule has 0 heterocycles. The Morgan fingerprint density at radius 1 is 0.474 bits per heavy atom. The van der Waals surface area contributed by atoms with E-state index in [-0.39, 0.29) is 74.3 Å². The van der Waals surface area contributed by atoms with E-state index in [1.165, 1.54) is 0 Å². The van der Waals surface area contributed by atoms with E-state index in [1.807, 2.05) is 0 Å². The van der Waals surface area contributed by atoms with Gasteiger partial charge in [-0.15, -0.1) is 0 Å². The van der Waals surface area contributed by atoms with Gasteiger partial charge in [0, 0.05) is 13.2 Å². The molecule has 0 unspecified atom stereocenters. The highest BCUT2D eigenvalue weighted by molar-refractivity contribution is 4.22. The van der Waals surface area contributed by atoms with Gasteiger partial charge in [0.1, 0.15) is 6.79 Å². The molecular formula is C17H56O2. The zero-order chi connectivity index (χ0) is 6.95.